The highest BCUT2D eigenvalue weighted by atomic mass is 16.5. The van der Waals surface area contributed by atoms with E-state index in [0.717, 1.165) is 12.5 Å². The molecule has 2 aromatic heterocycles. The van der Waals surface area contributed by atoms with Gasteiger partial charge in [-0.3, -0.25) is 0 Å². The van der Waals surface area contributed by atoms with Crippen molar-refractivity contribution in [1.29, 1.82) is 0 Å². The third-order valence-corrected chi connectivity index (χ3v) is 3.05. The van der Waals surface area contributed by atoms with Crippen LogP contribution in [0.1, 0.15) is 12.8 Å². The molecule has 0 spiro atoms. The Hall–Kier alpha value is -2.29. The Morgan fingerprint density at radius 3 is 2.86 bits per heavy atom. The van der Waals surface area contributed by atoms with E-state index in [1.165, 1.54) is 30.2 Å². The Morgan fingerprint density at radius 2 is 2.14 bits per heavy atom. The number of rotatable bonds is 8. The average Bonchev–Trinajstić information content (AvgIpc) is 3.17. The lowest BCUT2D eigenvalue weighted by atomic mass is 10.5. The smallest absolute Gasteiger partial charge is 0.258 e. The molecule has 2 N–H and O–H groups in total. The van der Waals surface area contributed by atoms with E-state index in [-0.39, 0.29) is 0 Å². The largest absolute Gasteiger partial charge is 0.379 e. The molecule has 112 valence electrons. The lowest BCUT2D eigenvalue weighted by Crippen LogP contribution is -2.15. The highest BCUT2D eigenvalue weighted by Crippen LogP contribution is 2.28. The molecular formula is C12H18N8O. The van der Waals surface area contributed by atoms with Gasteiger partial charge in [-0.1, -0.05) is 0 Å². The maximum Gasteiger partial charge on any atom is 0.258 e. The van der Waals surface area contributed by atoms with Crippen molar-refractivity contribution in [3.8, 4) is 5.95 Å². The predicted molar refractivity (Wildman–Crippen MR) is 76.3 cm³/mol. The molecular weight excluding hydrogens is 272 g/mol. The summed E-state index contributed by atoms with van der Waals surface area (Å²) in [5.74, 6) is 2.14. The van der Waals surface area contributed by atoms with Crippen molar-refractivity contribution >= 4 is 11.9 Å². The number of nitrogens with zero attached hydrogens (tertiary/aromatic N) is 6. The quantitative estimate of drug-likeness (QED) is 0.671. The summed E-state index contributed by atoms with van der Waals surface area (Å²) >= 11 is 0. The summed E-state index contributed by atoms with van der Waals surface area (Å²) in [4.78, 5) is 16.7. The maximum atomic E-state index is 5.56. The minimum atomic E-state index is 0.410. The third kappa shape index (κ3) is 3.85. The van der Waals surface area contributed by atoms with Crippen LogP contribution in [0.15, 0.2) is 12.7 Å². The van der Waals surface area contributed by atoms with E-state index in [0.29, 0.717) is 31.0 Å². The van der Waals surface area contributed by atoms with E-state index in [4.69, 9.17) is 4.74 Å². The highest BCUT2D eigenvalue weighted by Gasteiger charge is 2.20. The van der Waals surface area contributed by atoms with Gasteiger partial charge in [0, 0.05) is 20.2 Å². The summed E-state index contributed by atoms with van der Waals surface area (Å²) < 4.78 is 7.04. The Kier molecular flexibility index (Phi) is 4.20. The second-order valence-corrected chi connectivity index (χ2v) is 4.82. The molecule has 0 radical (unpaired) electrons. The minimum Gasteiger partial charge on any atom is -0.379 e. The highest BCUT2D eigenvalue weighted by molar-refractivity contribution is 5.37. The third-order valence-electron chi connectivity index (χ3n) is 3.05. The van der Waals surface area contributed by atoms with Crippen LogP contribution in [0, 0.1) is 5.92 Å². The van der Waals surface area contributed by atoms with Gasteiger partial charge in [-0.2, -0.15) is 24.7 Å². The number of nitrogens with one attached hydrogen (secondary N) is 2. The molecule has 0 aliphatic heterocycles. The fraction of sp³-hybridized carbons (Fsp3) is 0.583. The SMILES string of the molecule is CNc1nc(NCCOCC2CC2)nc(-n2cncn2)n1. The zero-order valence-corrected chi connectivity index (χ0v) is 11.9. The first-order chi connectivity index (χ1) is 10.3. The summed E-state index contributed by atoms with van der Waals surface area (Å²) in [6.45, 7) is 2.14. The van der Waals surface area contributed by atoms with Gasteiger partial charge in [0.05, 0.1) is 6.61 Å². The second kappa shape index (κ2) is 6.44. The van der Waals surface area contributed by atoms with E-state index in [2.05, 4.69) is 35.7 Å². The summed E-state index contributed by atoms with van der Waals surface area (Å²) in [5.41, 5.74) is 0. The minimum absolute atomic E-state index is 0.410. The molecule has 1 aliphatic carbocycles. The fourth-order valence-corrected chi connectivity index (χ4v) is 1.74. The molecule has 9 heteroatoms. The number of anilines is 2. The predicted octanol–water partition coefficient (Wildman–Crippen LogP) is 0.332. The molecule has 0 amide bonds. The van der Waals surface area contributed by atoms with Gasteiger partial charge in [-0.15, -0.1) is 0 Å². The molecule has 0 unspecified atom stereocenters. The molecule has 0 bridgehead atoms. The van der Waals surface area contributed by atoms with Crippen LogP contribution >= 0.6 is 0 Å². The molecule has 1 aliphatic rings. The van der Waals surface area contributed by atoms with Crippen LogP contribution in [-0.2, 0) is 4.74 Å². The van der Waals surface area contributed by atoms with Gasteiger partial charge in [0.25, 0.3) is 5.95 Å². The maximum absolute atomic E-state index is 5.56. The molecule has 0 atom stereocenters. The Bertz CT molecular complexity index is 569. The van der Waals surface area contributed by atoms with Crippen LogP contribution in [0.2, 0.25) is 0 Å². The van der Waals surface area contributed by atoms with Gasteiger partial charge in [0.15, 0.2) is 0 Å². The Labute approximate surface area is 122 Å². The first kappa shape index (κ1) is 13.7. The number of hydrogen-bond acceptors (Lipinski definition) is 8. The summed E-state index contributed by atoms with van der Waals surface area (Å²) in [6.07, 6.45) is 5.57. The summed E-state index contributed by atoms with van der Waals surface area (Å²) in [7, 11) is 1.75. The molecule has 1 saturated carbocycles. The molecule has 0 aromatic carbocycles. The van der Waals surface area contributed by atoms with Crippen molar-refractivity contribution in [2.75, 3.05) is 37.4 Å². The molecule has 1 fully saturated rings. The lowest BCUT2D eigenvalue weighted by Gasteiger charge is -2.08. The van der Waals surface area contributed by atoms with E-state index in [9.17, 15) is 0 Å². The van der Waals surface area contributed by atoms with Gasteiger partial charge in [0.1, 0.15) is 12.7 Å². The topological polar surface area (TPSA) is 103 Å². The van der Waals surface area contributed by atoms with Crippen molar-refractivity contribution in [3.63, 3.8) is 0 Å². The van der Waals surface area contributed by atoms with Gasteiger partial charge in [0.2, 0.25) is 11.9 Å². The molecule has 21 heavy (non-hydrogen) atoms. The van der Waals surface area contributed by atoms with Crippen LogP contribution < -0.4 is 10.6 Å². The lowest BCUT2D eigenvalue weighted by molar-refractivity contribution is 0.133. The summed E-state index contributed by atoms with van der Waals surface area (Å²) in [5, 5.41) is 10.0. The fourth-order valence-electron chi connectivity index (χ4n) is 1.74. The standard InChI is InChI=1S/C12H18N8O/c1-13-10-17-11(15-4-5-21-6-9-2-3-9)19-12(18-10)20-8-14-7-16-20/h7-9H,2-6H2,1H3,(H2,13,15,17,18,19). The average molecular weight is 290 g/mol. The second-order valence-electron chi connectivity index (χ2n) is 4.82. The van der Waals surface area contributed by atoms with E-state index >= 15 is 0 Å². The van der Waals surface area contributed by atoms with Crippen LogP contribution in [0.5, 0.6) is 0 Å². The van der Waals surface area contributed by atoms with Gasteiger partial charge < -0.3 is 15.4 Å². The van der Waals surface area contributed by atoms with Crippen molar-refractivity contribution in [1.82, 2.24) is 29.7 Å². The zero-order chi connectivity index (χ0) is 14.5. The zero-order valence-electron chi connectivity index (χ0n) is 11.9. The van der Waals surface area contributed by atoms with Gasteiger partial charge in [-0.25, -0.2) is 4.98 Å². The molecule has 2 heterocycles. The van der Waals surface area contributed by atoms with Crippen LogP contribution in [0.4, 0.5) is 11.9 Å². The van der Waals surface area contributed by atoms with Crippen molar-refractivity contribution < 1.29 is 4.74 Å². The Balaban J connectivity index is 1.59. The molecule has 0 saturated heterocycles. The van der Waals surface area contributed by atoms with E-state index in [1.807, 2.05) is 0 Å². The number of ether oxygens (including phenoxy) is 1. The van der Waals surface area contributed by atoms with Crippen molar-refractivity contribution in [2.45, 2.75) is 12.8 Å². The van der Waals surface area contributed by atoms with Crippen molar-refractivity contribution in [3.05, 3.63) is 12.7 Å². The van der Waals surface area contributed by atoms with Gasteiger partial charge in [-0.05, 0) is 18.8 Å². The monoisotopic (exact) mass is 290 g/mol. The first-order valence-electron chi connectivity index (χ1n) is 6.95. The molecule has 2 aromatic rings. The molecule has 9 nitrogen and oxygen atoms in total. The number of hydrogen-bond donors (Lipinski definition) is 2. The van der Waals surface area contributed by atoms with E-state index < -0.39 is 0 Å². The van der Waals surface area contributed by atoms with Crippen LogP contribution in [0.25, 0.3) is 5.95 Å². The normalized spacial score (nSPS) is 14.1. The van der Waals surface area contributed by atoms with Crippen LogP contribution in [-0.4, -0.2) is 56.5 Å². The Morgan fingerprint density at radius 1 is 1.29 bits per heavy atom. The molecule has 3 rings (SSSR count). The van der Waals surface area contributed by atoms with Crippen molar-refractivity contribution in [2.24, 2.45) is 5.92 Å². The summed E-state index contributed by atoms with van der Waals surface area (Å²) in [6, 6.07) is 0. The van der Waals surface area contributed by atoms with Gasteiger partial charge >= 0.3 is 0 Å². The van der Waals surface area contributed by atoms with Crippen LogP contribution in [0.3, 0.4) is 0 Å². The first-order valence-corrected chi connectivity index (χ1v) is 6.95. The number of aromatic nitrogens is 6. The van der Waals surface area contributed by atoms with E-state index in [1.54, 1.807) is 7.05 Å².